The minimum Gasteiger partial charge on any atom is -0.512 e. The van der Waals surface area contributed by atoms with E-state index in [0.717, 1.165) is 6.42 Å². The predicted octanol–water partition coefficient (Wildman–Crippen LogP) is 2.13. The Kier molecular flexibility index (Phi) is 2.47. The molecule has 0 aliphatic heterocycles. The Morgan fingerprint density at radius 2 is 2.27 bits per heavy atom. The molecule has 0 aromatic carbocycles. The van der Waals surface area contributed by atoms with E-state index in [-0.39, 0.29) is 11.5 Å². The summed E-state index contributed by atoms with van der Waals surface area (Å²) in [6.45, 7) is 1.49. The maximum Gasteiger partial charge on any atom is 0.159 e. The summed E-state index contributed by atoms with van der Waals surface area (Å²) in [7, 11) is 0. The van der Waals surface area contributed by atoms with Crippen molar-refractivity contribution in [3.05, 3.63) is 23.5 Å². The van der Waals surface area contributed by atoms with Crippen molar-refractivity contribution in [2.45, 2.75) is 26.2 Å². The second-order valence-electron chi connectivity index (χ2n) is 2.70. The first-order valence-electron chi connectivity index (χ1n) is 3.78. The summed E-state index contributed by atoms with van der Waals surface area (Å²) in [5.74, 6) is 0.247. The lowest BCUT2D eigenvalue weighted by molar-refractivity contribution is -0.113. The Morgan fingerprint density at radius 3 is 2.91 bits per heavy atom. The molecule has 0 aromatic heterocycles. The zero-order valence-electron chi connectivity index (χ0n) is 6.63. The van der Waals surface area contributed by atoms with Gasteiger partial charge in [-0.05, 0) is 19.8 Å². The van der Waals surface area contributed by atoms with E-state index in [0.29, 0.717) is 18.4 Å². The van der Waals surface area contributed by atoms with Gasteiger partial charge in [0.05, 0.1) is 5.76 Å². The topological polar surface area (TPSA) is 37.3 Å². The number of allylic oxidation sites excluding steroid dienone is 4. The summed E-state index contributed by atoms with van der Waals surface area (Å²) in [5, 5.41) is 9.34. The highest BCUT2D eigenvalue weighted by Crippen LogP contribution is 2.17. The smallest absolute Gasteiger partial charge is 0.159 e. The normalized spacial score (nSPS) is 18.3. The van der Waals surface area contributed by atoms with Gasteiger partial charge in [0.15, 0.2) is 5.78 Å². The van der Waals surface area contributed by atoms with Crippen LogP contribution >= 0.6 is 0 Å². The van der Waals surface area contributed by atoms with Crippen molar-refractivity contribution in [1.29, 1.82) is 0 Å². The predicted molar refractivity (Wildman–Crippen MR) is 43.3 cm³/mol. The number of ketones is 1. The number of hydrogen-bond acceptors (Lipinski definition) is 2. The highest BCUT2D eigenvalue weighted by Gasteiger charge is 2.10. The molecule has 0 bridgehead atoms. The molecule has 0 spiro atoms. The largest absolute Gasteiger partial charge is 0.512 e. The molecule has 1 aliphatic rings. The second-order valence-corrected chi connectivity index (χ2v) is 2.70. The van der Waals surface area contributed by atoms with Crippen LogP contribution in [0.3, 0.4) is 0 Å². The molecular weight excluding hydrogens is 140 g/mol. The molecule has 0 saturated carbocycles. The van der Waals surface area contributed by atoms with Crippen LogP contribution < -0.4 is 0 Å². The lowest BCUT2D eigenvalue weighted by atomic mass is 10.1. The Balaban J connectivity index is 2.85. The molecule has 0 heterocycles. The van der Waals surface area contributed by atoms with E-state index in [1.54, 1.807) is 0 Å². The molecule has 0 aromatic rings. The van der Waals surface area contributed by atoms with Gasteiger partial charge in [-0.25, -0.2) is 0 Å². The van der Waals surface area contributed by atoms with Gasteiger partial charge in [0.25, 0.3) is 0 Å². The van der Waals surface area contributed by atoms with Gasteiger partial charge in [-0.1, -0.05) is 12.2 Å². The van der Waals surface area contributed by atoms with E-state index in [1.807, 2.05) is 12.2 Å². The van der Waals surface area contributed by atoms with Crippen LogP contribution in [-0.4, -0.2) is 10.9 Å². The van der Waals surface area contributed by atoms with Crippen LogP contribution in [0.25, 0.3) is 0 Å². The molecule has 11 heavy (non-hydrogen) atoms. The summed E-state index contributed by atoms with van der Waals surface area (Å²) in [4.78, 5) is 10.9. The van der Waals surface area contributed by atoms with Gasteiger partial charge in [0.1, 0.15) is 0 Å². The summed E-state index contributed by atoms with van der Waals surface area (Å²) in [6, 6.07) is 0. The van der Waals surface area contributed by atoms with E-state index in [9.17, 15) is 9.90 Å². The van der Waals surface area contributed by atoms with Gasteiger partial charge in [0, 0.05) is 12.0 Å². The van der Waals surface area contributed by atoms with E-state index >= 15 is 0 Å². The Bertz CT molecular complexity index is 224. The third-order valence-corrected chi connectivity index (χ3v) is 1.81. The van der Waals surface area contributed by atoms with Gasteiger partial charge in [-0.3, -0.25) is 4.79 Å². The van der Waals surface area contributed by atoms with Gasteiger partial charge < -0.3 is 5.11 Å². The summed E-state index contributed by atoms with van der Waals surface area (Å²) < 4.78 is 0. The Hall–Kier alpha value is -1.05. The second kappa shape index (κ2) is 3.37. The first-order chi connectivity index (χ1) is 5.22. The Labute approximate surface area is 66.2 Å². The summed E-state index contributed by atoms with van der Waals surface area (Å²) in [6.07, 6.45) is 5.95. The molecule has 0 atom stereocenters. The van der Waals surface area contributed by atoms with Crippen LogP contribution in [0.1, 0.15) is 26.2 Å². The van der Waals surface area contributed by atoms with E-state index in [2.05, 4.69) is 0 Å². The lowest BCUT2D eigenvalue weighted by Gasteiger charge is -2.01. The van der Waals surface area contributed by atoms with Gasteiger partial charge in [-0.2, -0.15) is 0 Å². The lowest BCUT2D eigenvalue weighted by Crippen LogP contribution is -1.99. The maximum atomic E-state index is 10.9. The van der Waals surface area contributed by atoms with Crippen molar-refractivity contribution >= 4 is 5.78 Å². The number of carbonyl (C=O) groups is 1. The first kappa shape index (κ1) is 8.05. The summed E-state index contributed by atoms with van der Waals surface area (Å²) in [5.41, 5.74) is 0.568. The minimum absolute atomic E-state index is 0.0194. The fourth-order valence-corrected chi connectivity index (χ4v) is 1.15. The maximum absolute atomic E-state index is 10.9. The monoisotopic (exact) mass is 152 g/mol. The number of carbonyl (C=O) groups excluding carboxylic acids is 1. The van der Waals surface area contributed by atoms with Crippen LogP contribution in [0, 0.1) is 0 Å². The molecular formula is C9H12O2. The molecule has 2 nitrogen and oxygen atoms in total. The molecule has 0 unspecified atom stereocenters. The summed E-state index contributed by atoms with van der Waals surface area (Å²) >= 11 is 0. The van der Waals surface area contributed by atoms with Crippen LogP contribution in [0.2, 0.25) is 0 Å². The van der Waals surface area contributed by atoms with Gasteiger partial charge in [-0.15, -0.1) is 0 Å². The molecule has 2 heteroatoms. The molecule has 1 N–H and O–H groups in total. The van der Waals surface area contributed by atoms with Crippen molar-refractivity contribution < 1.29 is 9.90 Å². The number of rotatable bonds is 1. The molecule has 60 valence electrons. The van der Waals surface area contributed by atoms with Crippen LogP contribution in [0.5, 0.6) is 0 Å². The average Bonchev–Trinajstić information content (AvgIpc) is 2.13. The quantitative estimate of drug-likeness (QED) is 0.584. The van der Waals surface area contributed by atoms with Gasteiger partial charge >= 0.3 is 0 Å². The number of hydrogen-bond donors (Lipinski definition) is 1. The number of aliphatic hydroxyl groups excluding tert-OH is 1. The van der Waals surface area contributed by atoms with Crippen LogP contribution in [0.4, 0.5) is 0 Å². The molecule has 1 aliphatic carbocycles. The molecule has 0 radical (unpaired) electrons. The number of aliphatic hydroxyl groups is 1. The van der Waals surface area contributed by atoms with Crippen molar-refractivity contribution in [2.24, 2.45) is 0 Å². The van der Waals surface area contributed by atoms with Crippen LogP contribution in [0.15, 0.2) is 23.5 Å². The first-order valence-corrected chi connectivity index (χ1v) is 3.78. The number of Topliss-reactive ketones (excluding diaryl/α,β-unsaturated/α-hetero) is 1. The molecule has 0 saturated heterocycles. The standard InChI is InChI=1S/C9H12O2/c1-7(10)8-5-3-2-4-6-9(8)11/h2-3,11H,4-6H2,1H3. The van der Waals surface area contributed by atoms with Crippen molar-refractivity contribution in [2.75, 3.05) is 0 Å². The highest BCUT2D eigenvalue weighted by molar-refractivity contribution is 5.94. The molecule has 0 fully saturated rings. The average molecular weight is 152 g/mol. The van der Waals surface area contributed by atoms with Crippen LogP contribution in [-0.2, 0) is 4.79 Å². The Morgan fingerprint density at radius 1 is 1.55 bits per heavy atom. The highest BCUT2D eigenvalue weighted by atomic mass is 16.3. The third-order valence-electron chi connectivity index (χ3n) is 1.81. The molecule has 0 amide bonds. The fraction of sp³-hybridized carbons (Fsp3) is 0.444. The van der Waals surface area contributed by atoms with Crippen molar-refractivity contribution in [1.82, 2.24) is 0 Å². The third kappa shape index (κ3) is 1.93. The van der Waals surface area contributed by atoms with E-state index in [1.165, 1.54) is 6.92 Å². The van der Waals surface area contributed by atoms with Gasteiger partial charge in [0.2, 0.25) is 0 Å². The zero-order chi connectivity index (χ0) is 8.27. The minimum atomic E-state index is -0.0194. The van der Waals surface area contributed by atoms with Crippen molar-refractivity contribution in [3.63, 3.8) is 0 Å². The fourth-order valence-electron chi connectivity index (χ4n) is 1.15. The van der Waals surface area contributed by atoms with Crippen molar-refractivity contribution in [3.8, 4) is 0 Å². The SMILES string of the molecule is CC(=O)C1=C(O)CCC=CC1. The zero-order valence-corrected chi connectivity index (χ0v) is 6.63. The van der Waals surface area contributed by atoms with E-state index < -0.39 is 0 Å². The molecule has 1 rings (SSSR count). The van der Waals surface area contributed by atoms with E-state index in [4.69, 9.17) is 0 Å².